The van der Waals surface area contributed by atoms with E-state index < -0.39 is 49.8 Å². The molecule has 1 saturated heterocycles. The number of esters is 1. The molecular weight excluding hydrogens is 814 g/mol. The highest BCUT2D eigenvalue weighted by atomic mass is 31.2. The van der Waals surface area contributed by atoms with E-state index in [1.165, 1.54) is 17.7 Å². The molecule has 6 rings (SSSR count). The van der Waals surface area contributed by atoms with Gasteiger partial charge in [-0.3, -0.25) is 19.1 Å². The van der Waals surface area contributed by atoms with Gasteiger partial charge in [0.2, 0.25) is 0 Å². The number of aromatic nitrogens is 2. The van der Waals surface area contributed by atoms with Crippen LogP contribution in [0.3, 0.4) is 0 Å². The Morgan fingerprint density at radius 3 is 1.95 bits per heavy atom. The molecule has 330 valence electrons. The Kier molecular flexibility index (Phi) is 15.8. The second kappa shape index (κ2) is 21.2. The minimum atomic E-state index is -1.77. The number of carbonyl (C=O) groups excluding carboxylic acids is 1. The molecule has 4 aromatic carbocycles. The van der Waals surface area contributed by atoms with Gasteiger partial charge in [-0.2, -0.15) is 0 Å². The zero-order chi connectivity index (χ0) is 44.4. The molecule has 5 aromatic rings. The van der Waals surface area contributed by atoms with E-state index in [4.69, 9.17) is 37.5 Å². The maximum absolute atomic E-state index is 13.3. The van der Waals surface area contributed by atoms with Gasteiger partial charge < -0.3 is 37.5 Å². The lowest BCUT2D eigenvalue weighted by molar-refractivity contribution is -0.132. The standard InChI is InChI=1S/C47H56N3O11P/c1-31(2)50(32(3)4)62(58-27-26-56-40-16-12-13-17-41(40)59-34(6)51)61-42-28-44(49-29-33(5)45(52)48-46(49)53)60-43(42)30-57-47(35-14-10-9-11-15-35,36-18-22-38(54-7)23-19-36)37-20-24-39(55-8)25-21-37/h9-25,29,31-32,42-44H,26-28,30H2,1-8H3,(H,48,52,53)/t42-,43+,44+,62?/m0/s1. The summed E-state index contributed by atoms with van der Waals surface area (Å²) in [6.45, 7) is 11.5. The van der Waals surface area contributed by atoms with Crippen LogP contribution in [0.2, 0.25) is 0 Å². The van der Waals surface area contributed by atoms with Crippen molar-refractivity contribution in [2.75, 3.05) is 34.0 Å². The monoisotopic (exact) mass is 869 g/mol. The van der Waals surface area contributed by atoms with Crippen molar-refractivity contribution in [2.24, 2.45) is 0 Å². The van der Waals surface area contributed by atoms with E-state index in [1.54, 1.807) is 45.4 Å². The molecule has 1 aliphatic heterocycles. The molecule has 1 aliphatic rings. The number of rotatable bonds is 20. The van der Waals surface area contributed by atoms with Crippen LogP contribution in [0, 0.1) is 6.92 Å². The summed E-state index contributed by atoms with van der Waals surface area (Å²) in [5.74, 6) is 1.64. The van der Waals surface area contributed by atoms with Gasteiger partial charge >= 0.3 is 11.7 Å². The van der Waals surface area contributed by atoms with E-state index in [0.29, 0.717) is 28.6 Å². The van der Waals surface area contributed by atoms with Crippen molar-refractivity contribution >= 4 is 14.5 Å². The van der Waals surface area contributed by atoms with E-state index in [0.717, 1.165) is 16.7 Å². The van der Waals surface area contributed by atoms with Gasteiger partial charge in [-0.15, -0.1) is 0 Å². The summed E-state index contributed by atoms with van der Waals surface area (Å²) >= 11 is 0. The second-order valence-corrected chi connectivity index (χ2v) is 16.7. The Bertz CT molecular complexity index is 2280. The van der Waals surface area contributed by atoms with Crippen molar-refractivity contribution in [3.8, 4) is 23.0 Å². The summed E-state index contributed by atoms with van der Waals surface area (Å²) in [6, 6.07) is 32.4. The van der Waals surface area contributed by atoms with Crippen molar-refractivity contribution in [1.82, 2.24) is 14.2 Å². The maximum Gasteiger partial charge on any atom is 0.330 e. The summed E-state index contributed by atoms with van der Waals surface area (Å²) in [7, 11) is 1.48. The summed E-state index contributed by atoms with van der Waals surface area (Å²) in [5.41, 5.74) is 0.654. The maximum atomic E-state index is 13.3. The highest BCUT2D eigenvalue weighted by molar-refractivity contribution is 7.44. The predicted molar refractivity (Wildman–Crippen MR) is 236 cm³/mol. The number of carbonyl (C=O) groups is 1. The van der Waals surface area contributed by atoms with E-state index in [9.17, 15) is 14.4 Å². The lowest BCUT2D eigenvalue weighted by Crippen LogP contribution is -2.40. The Hall–Kier alpha value is -5.34. The highest BCUT2D eigenvalue weighted by Gasteiger charge is 2.45. The molecule has 0 aliphatic carbocycles. The number of hydrogen-bond acceptors (Lipinski definition) is 12. The van der Waals surface area contributed by atoms with Crippen molar-refractivity contribution in [1.29, 1.82) is 0 Å². The first-order valence-electron chi connectivity index (χ1n) is 20.6. The first-order valence-corrected chi connectivity index (χ1v) is 21.7. The Labute approximate surface area is 363 Å². The van der Waals surface area contributed by atoms with Crippen LogP contribution in [0.25, 0.3) is 0 Å². The molecule has 0 saturated carbocycles. The van der Waals surface area contributed by atoms with Gasteiger partial charge in [0.1, 0.15) is 36.0 Å². The Morgan fingerprint density at radius 2 is 1.39 bits per heavy atom. The van der Waals surface area contributed by atoms with E-state index >= 15 is 0 Å². The Morgan fingerprint density at radius 1 is 0.823 bits per heavy atom. The predicted octanol–water partition coefficient (Wildman–Crippen LogP) is 7.91. The third-order valence-corrected chi connectivity index (χ3v) is 12.5. The van der Waals surface area contributed by atoms with Crippen molar-refractivity contribution < 1.29 is 42.3 Å². The fraction of sp³-hybridized carbons (Fsp3) is 0.383. The average Bonchev–Trinajstić information content (AvgIpc) is 3.66. The fourth-order valence-electron chi connectivity index (χ4n) is 7.53. The number of aryl methyl sites for hydroxylation is 1. The topological polar surface area (TPSA) is 149 Å². The van der Waals surface area contributed by atoms with Crippen LogP contribution >= 0.6 is 8.53 Å². The number of aromatic amines is 1. The number of nitrogens with zero attached hydrogens (tertiary/aromatic N) is 2. The molecule has 4 atom stereocenters. The van der Waals surface area contributed by atoms with Crippen LogP contribution in [0.15, 0.2) is 119 Å². The smallest absolute Gasteiger partial charge is 0.330 e. The molecule has 1 fully saturated rings. The molecule has 15 heteroatoms. The minimum absolute atomic E-state index is 0.00772. The van der Waals surface area contributed by atoms with Crippen molar-refractivity contribution in [3.05, 3.63) is 152 Å². The summed E-state index contributed by atoms with van der Waals surface area (Å²) < 4.78 is 53.7. The first-order chi connectivity index (χ1) is 29.8. The largest absolute Gasteiger partial charge is 0.497 e. The molecule has 0 spiro atoms. The van der Waals surface area contributed by atoms with Crippen molar-refractivity contribution in [2.45, 2.75) is 84.1 Å². The van der Waals surface area contributed by atoms with E-state index in [1.807, 2.05) is 78.9 Å². The molecular formula is C47H56N3O11P. The number of para-hydroxylation sites is 2. The lowest BCUT2D eigenvalue weighted by atomic mass is 9.80. The van der Waals surface area contributed by atoms with Gasteiger partial charge in [0.25, 0.3) is 14.1 Å². The minimum Gasteiger partial charge on any atom is -0.497 e. The molecule has 1 unspecified atom stereocenters. The van der Waals surface area contributed by atoms with E-state index in [2.05, 4.69) is 37.3 Å². The number of benzene rings is 4. The summed E-state index contributed by atoms with van der Waals surface area (Å²) in [4.78, 5) is 39.9. The zero-order valence-electron chi connectivity index (χ0n) is 36.4. The zero-order valence-corrected chi connectivity index (χ0v) is 37.3. The third-order valence-electron chi connectivity index (χ3n) is 10.4. The molecule has 0 bridgehead atoms. The first kappa shape index (κ1) is 46.2. The van der Waals surface area contributed by atoms with Gasteiger partial charge in [0, 0.05) is 37.2 Å². The van der Waals surface area contributed by atoms with Crippen LogP contribution in [0.5, 0.6) is 23.0 Å². The van der Waals surface area contributed by atoms with Gasteiger partial charge in [0.15, 0.2) is 11.5 Å². The molecule has 0 amide bonds. The van der Waals surface area contributed by atoms with Crippen LogP contribution in [-0.2, 0) is 28.9 Å². The van der Waals surface area contributed by atoms with Crippen LogP contribution in [0.1, 0.15) is 69.5 Å². The van der Waals surface area contributed by atoms with Gasteiger partial charge in [0.05, 0.1) is 33.5 Å². The molecule has 1 N–H and O–H groups in total. The van der Waals surface area contributed by atoms with Crippen LogP contribution in [-0.4, -0.2) is 78.5 Å². The third kappa shape index (κ3) is 10.8. The Balaban J connectivity index is 1.37. The van der Waals surface area contributed by atoms with Gasteiger partial charge in [-0.1, -0.05) is 66.7 Å². The highest BCUT2D eigenvalue weighted by Crippen LogP contribution is 2.50. The fourth-order valence-corrected chi connectivity index (χ4v) is 9.27. The van der Waals surface area contributed by atoms with E-state index in [-0.39, 0.29) is 38.3 Å². The molecule has 14 nitrogen and oxygen atoms in total. The van der Waals surface area contributed by atoms with Crippen molar-refractivity contribution in [3.63, 3.8) is 0 Å². The van der Waals surface area contributed by atoms with Gasteiger partial charge in [-0.05, 0) is 87.7 Å². The number of nitrogens with one attached hydrogen (secondary N) is 1. The summed E-state index contributed by atoms with van der Waals surface area (Å²) in [5, 5.41) is 0. The second-order valence-electron chi connectivity index (χ2n) is 15.3. The number of methoxy groups -OCH3 is 2. The van der Waals surface area contributed by atoms with Gasteiger partial charge in [-0.25, -0.2) is 9.46 Å². The van der Waals surface area contributed by atoms with Crippen LogP contribution in [0.4, 0.5) is 0 Å². The molecule has 62 heavy (non-hydrogen) atoms. The SMILES string of the molecule is COc1ccc(C(OC[C@H]2O[C@@H](n3cc(C)c(=O)[nH]c3=O)C[C@@H]2OP(OCCOc2ccccc2OC(C)=O)N(C(C)C)C(C)C)(c2ccccc2)c2ccc(OC)cc2)cc1. The quantitative estimate of drug-likeness (QED) is 0.0266. The molecule has 2 heterocycles. The number of hydrogen-bond donors (Lipinski definition) is 1. The summed E-state index contributed by atoms with van der Waals surface area (Å²) in [6.07, 6.45) is -0.458. The number of H-pyrrole nitrogens is 1. The number of ether oxygens (including phenoxy) is 6. The molecule has 1 aromatic heterocycles. The van der Waals surface area contributed by atoms with Crippen LogP contribution < -0.4 is 30.2 Å². The molecule has 0 radical (unpaired) electrons. The normalized spacial score (nSPS) is 17.0. The average molecular weight is 870 g/mol. The lowest BCUT2D eigenvalue weighted by Gasteiger charge is -2.39.